The van der Waals surface area contributed by atoms with Gasteiger partial charge >= 0.3 is 0 Å². The summed E-state index contributed by atoms with van der Waals surface area (Å²) in [6.07, 6.45) is 3.84. The van der Waals surface area contributed by atoms with Crippen molar-refractivity contribution in [1.29, 1.82) is 0 Å². The van der Waals surface area contributed by atoms with E-state index in [2.05, 4.69) is 27.9 Å². The van der Waals surface area contributed by atoms with Gasteiger partial charge in [0.25, 0.3) is 0 Å². The second kappa shape index (κ2) is 5.65. The second-order valence-corrected chi connectivity index (χ2v) is 5.19. The Balaban J connectivity index is 2.21. The molecule has 2 atom stereocenters. The van der Waals surface area contributed by atoms with Gasteiger partial charge in [0, 0.05) is 24.3 Å². The maximum atomic E-state index is 9.57. The molecule has 1 N–H and O–H groups in total. The van der Waals surface area contributed by atoms with Crippen molar-refractivity contribution >= 4 is 5.82 Å². The Labute approximate surface area is 109 Å². The minimum Gasteiger partial charge on any atom is -0.393 e. The van der Waals surface area contributed by atoms with E-state index < -0.39 is 0 Å². The van der Waals surface area contributed by atoms with Gasteiger partial charge in [-0.25, -0.2) is 9.97 Å². The number of aryl methyl sites for hydroxylation is 2. The molecule has 1 aliphatic rings. The molecular weight excluding hydrogens is 226 g/mol. The molecule has 4 heteroatoms. The molecule has 1 aromatic heterocycles. The molecule has 1 saturated heterocycles. The third kappa shape index (κ3) is 2.99. The van der Waals surface area contributed by atoms with E-state index in [4.69, 9.17) is 0 Å². The zero-order chi connectivity index (χ0) is 13.1. The van der Waals surface area contributed by atoms with Crippen molar-refractivity contribution in [2.45, 2.75) is 58.6 Å². The van der Waals surface area contributed by atoms with Crippen LogP contribution in [0.5, 0.6) is 0 Å². The first kappa shape index (κ1) is 13.3. The Kier molecular flexibility index (Phi) is 4.17. The van der Waals surface area contributed by atoms with Gasteiger partial charge in [-0.2, -0.15) is 0 Å². The summed E-state index contributed by atoms with van der Waals surface area (Å²) in [5.74, 6) is 1.87. The van der Waals surface area contributed by atoms with Crippen LogP contribution in [0.4, 0.5) is 5.82 Å². The molecule has 0 amide bonds. The lowest BCUT2D eigenvalue weighted by atomic mass is 10.1. The number of rotatable bonds is 4. The van der Waals surface area contributed by atoms with Crippen molar-refractivity contribution < 1.29 is 5.11 Å². The highest BCUT2D eigenvalue weighted by Crippen LogP contribution is 2.27. The predicted molar refractivity (Wildman–Crippen MR) is 72.8 cm³/mol. The maximum Gasteiger partial charge on any atom is 0.132 e. The highest BCUT2D eigenvalue weighted by Gasteiger charge is 2.27. The summed E-state index contributed by atoms with van der Waals surface area (Å²) in [5, 5.41) is 9.57. The SMILES string of the molecule is CCc1cc(N2CCCC2CC(C)O)nc(C)n1. The van der Waals surface area contributed by atoms with E-state index in [0.717, 1.165) is 43.1 Å². The van der Waals surface area contributed by atoms with Crippen molar-refractivity contribution in [3.8, 4) is 0 Å². The van der Waals surface area contributed by atoms with Crippen molar-refractivity contribution in [2.75, 3.05) is 11.4 Å². The predicted octanol–water partition coefficient (Wildman–Crippen LogP) is 2.09. The highest BCUT2D eigenvalue weighted by atomic mass is 16.3. The molecule has 0 spiro atoms. The van der Waals surface area contributed by atoms with Gasteiger partial charge in [0.1, 0.15) is 11.6 Å². The van der Waals surface area contributed by atoms with Crippen LogP contribution < -0.4 is 4.90 Å². The Morgan fingerprint density at radius 1 is 1.50 bits per heavy atom. The van der Waals surface area contributed by atoms with Crippen LogP contribution in [-0.4, -0.2) is 33.8 Å². The fraction of sp³-hybridized carbons (Fsp3) is 0.714. The highest BCUT2D eigenvalue weighted by molar-refractivity contribution is 5.42. The number of hydrogen-bond acceptors (Lipinski definition) is 4. The lowest BCUT2D eigenvalue weighted by Gasteiger charge is -2.27. The number of aliphatic hydroxyl groups is 1. The molecule has 0 saturated carbocycles. The summed E-state index contributed by atoms with van der Waals surface area (Å²) in [7, 11) is 0. The van der Waals surface area contributed by atoms with Crippen LogP contribution in [0.3, 0.4) is 0 Å². The Morgan fingerprint density at radius 2 is 2.28 bits per heavy atom. The van der Waals surface area contributed by atoms with Crippen LogP contribution in [-0.2, 0) is 6.42 Å². The first-order chi connectivity index (χ1) is 8.60. The monoisotopic (exact) mass is 249 g/mol. The summed E-state index contributed by atoms with van der Waals surface area (Å²) < 4.78 is 0. The molecule has 0 radical (unpaired) electrons. The number of hydrogen-bond donors (Lipinski definition) is 1. The van der Waals surface area contributed by atoms with Crippen molar-refractivity contribution in [1.82, 2.24) is 9.97 Å². The van der Waals surface area contributed by atoms with E-state index in [-0.39, 0.29) is 6.10 Å². The quantitative estimate of drug-likeness (QED) is 0.887. The third-order valence-electron chi connectivity index (χ3n) is 3.52. The molecule has 4 nitrogen and oxygen atoms in total. The summed E-state index contributed by atoms with van der Waals surface area (Å²) in [6.45, 7) is 6.96. The maximum absolute atomic E-state index is 9.57. The largest absolute Gasteiger partial charge is 0.393 e. The number of aliphatic hydroxyl groups excluding tert-OH is 1. The normalized spacial score (nSPS) is 21.3. The first-order valence-electron chi connectivity index (χ1n) is 6.89. The van der Waals surface area contributed by atoms with E-state index in [1.54, 1.807) is 0 Å². The molecule has 2 heterocycles. The van der Waals surface area contributed by atoms with Crippen LogP contribution in [0.25, 0.3) is 0 Å². The lowest BCUT2D eigenvalue weighted by Crippen LogP contribution is -2.32. The Morgan fingerprint density at radius 3 is 2.94 bits per heavy atom. The van der Waals surface area contributed by atoms with Gasteiger partial charge in [0.2, 0.25) is 0 Å². The van der Waals surface area contributed by atoms with Gasteiger partial charge in [0.15, 0.2) is 0 Å². The van der Waals surface area contributed by atoms with Crippen LogP contribution in [0, 0.1) is 6.92 Å². The zero-order valence-electron chi connectivity index (χ0n) is 11.6. The molecule has 1 aromatic rings. The number of nitrogens with zero attached hydrogens (tertiary/aromatic N) is 3. The molecule has 2 unspecified atom stereocenters. The smallest absolute Gasteiger partial charge is 0.132 e. The summed E-state index contributed by atoms with van der Waals surface area (Å²) >= 11 is 0. The third-order valence-corrected chi connectivity index (χ3v) is 3.52. The molecule has 1 fully saturated rings. The van der Waals surface area contributed by atoms with Gasteiger partial charge in [-0.1, -0.05) is 6.92 Å². The number of anilines is 1. The van der Waals surface area contributed by atoms with E-state index in [1.807, 2.05) is 13.8 Å². The summed E-state index contributed by atoms with van der Waals surface area (Å²) in [5.41, 5.74) is 1.10. The van der Waals surface area contributed by atoms with Gasteiger partial charge in [0.05, 0.1) is 6.10 Å². The Bertz CT molecular complexity index is 406. The first-order valence-corrected chi connectivity index (χ1v) is 6.89. The van der Waals surface area contributed by atoms with Gasteiger partial charge in [-0.15, -0.1) is 0 Å². The molecule has 1 aliphatic heterocycles. The molecule has 0 aromatic carbocycles. The van der Waals surface area contributed by atoms with E-state index in [1.165, 1.54) is 6.42 Å². The second-order valence-electron chi connectivity index (χ2n) is 5.19. The van der Waals surface area contributed by atoms with Crippen LogP contribution in [0.1, 0.15) is 44.6 Å². The Hall–Kier alpha value is -1.16. The van der Waals surface area contributed by atoms with Crippen molar-refractivity contribution in [2.24, 2.45) is 0 Å². The average Bonchev–Trinajstić information content (AvgIpc) is 2.75. The molecule has 18 heavy (non-hydrogen) atoms. The number of aromatic nitrogens is 2. The summed E-state index contributed by atoms with van der Waals surface area (Å²) in [4.78, 5) is 11.3. The van der Waals surface area contributed by atoms with E-state index in [9.17, 15) is 5.11 Å². The van der Waals surface area contributed by atoms with Gasteiger partial charge in [-0.3, -0.25) is 0 Å². The van der Waals surface area contributed by atoms with Gasteiger partial charge < -0.3 is 10.0 Å². The fourth-order valence-electron chi connectivity index (χ4n) is 2.72. The van der Waals surface area contributed by atoms with Crippen LogP contribution in [0.2, 0.25) is 0 Å². The summed E-state index contributed by atoms with van der Waals surface area (Å²) in [6, 6.07) is 2.51. The standard InChI is InChI=1S/C14H23N3O/c1-4-12-9-14(16-11(3)15-12)17-7-5-6-13(17)8-10(2)18/h9-10,13,18H,4-8H2,1-3H3. The van der Waals surface area contributed by atoms with Crippen LogP contribution >= 0.6 is 0 Å². The van der Waals surface area contributed by atoms with Crippen LogP contribution in [0.15, 0.2) is 6.07 Å². The zero-order valence-corrected chi connectivity index (χ0v) is 11.6. The van der Waals surface area contributed by atoms with Crippen molar-refractivity contribution in [3.05, 3.63) is 17.6 Å². The average molecular weight is 249 g/mol. The van der Waals surface area contributed by atoms with E-state index in [0.29, 0.717) is 6.04 Å². The molecule has 0 bridgehead atoms. The molecule has 0 aliphatic carbocycles. The van der Waals surface area contributed by atoms with Crippen molar-refractivity contribution in [3.63, 3.8) is 0 Å². The molecular formula is C14H23N3O. The fourth-order valence-corrected chi connectivity index (χ4v) is 2.72. The minimum absolute atomic E-state index is 0.246. The van der Waals surface area contributed by atoms with Gasteiger partial charge in [-0.05, 0) is 39.5 Å². The minimum atomic E-state index is -0.246. The topological polar surface area (TPSA) is 49.2 Å². The lowest BCUT2D eigenvalue weighted by molar-refractivity contribution is 0.175. The van der Waals surface area contributed by atoms with E-state index >= 15 is 0 Å². The molecule has 100 valence electrons. The molecule has 2 rings (SSSR count).